The van der Waals surface area contributed by atoms with Crippen molar-refractivity contribution >= 4 is 46.9 Å². The lowest BCUT2D eigenvalue weighted by Crippen LogP contribution is -2.12. The van der Waals surface area contributed by atoms with Crippen molar-refractivity contribution in [3.8, 4) is 5.75 Å². The van der Waals surface area contributed by atoms with Gasteiger partial charge in [0.2, 0.25) is 0 Å². The molecule has 0 fully saturated rings. The van der Waals surface area contributed by atoms with Crippen LogP contribution in [-0.4, -0.2) is 0 Å². The summed E-state index contributed by atoms with van der Waals surface area (Å²) in [7, 11) is 0. The maximum Gasteiger partial charge on any atom is 0.124 e. The van der Waals surface area contributed by atoms with Gasteiger partial charge in [0.05, 0.1) is 0 Å². The number of thiophene rings is 1. The monoisotopic (exact) mass is 413 g/mol. The largest absolute Gasteiger partial charge is 0.489 e. The molecule has 0 spiro atoms. The number of ether oxygens (including phenoxy) is 1. The highest BCUT2D eigenvalue weighted by Crippen LogP contribution is 2.24. The summed E-state index contributed by atoms with van der Waals surface area (Å²) < 4.78 is 5.97. The Balaban J connectivity index is 0.00000225. The number of para-hydroxylation sites is 1. The van der Waals surface area contributed by atoms with E-state index in [1.165, 1.54) is 4.88 Å². The van der Waals surface area contributed by atoms with Crippen molar-refractivity contribution in [1.82, 2.24) is 5.32 Å². The van der Waals surface area contributed by atoms with Gasteiger partial charge in [0.1, 0.15) is 12.4 Å². The smallest absolute Gasteiger partial charge is 0.124 e. The highest BCUT2D eigenvalue weighted by Gasteiger charge is 2.06. The van der Waals surface area contributed by atoms with Crippen LogP contribution in [0.1, 0.15) is 16.0 Å². The van der Waals surface area contributed by atoms with Crippen molar-refractivity contribution in [1.29, 1.82) is 0 Å². The van der Waals surface area contributed by atoms with Crippen LogP contribution in [0.5, 0.6) is 5.75 Å². The Morgan fingerprint density at radius 1 is 0.920 bits per heavy atom. The fourth-order valence-corrected chi connectivity index (χ4v) is 3.46. The predicted octanol–water partition coefficient (Wildman–Crippen LogP) is 6.35. The van der Waals surface area contributed by atoms with E-state index in [1.54, 1.807) is 17.4 Å². The van der Waals surface area contributed by atoms with Gasteiger partial charge in [-0.1, -0.05) is 53.5 Å². The highest BCUT2D eigenvalue weighted by molar-refractivity contribution is 7.09. The van der Waals surface area contributed by atoms with E-state index >= 15 is 0 Å². The lowest BCUT2D eigenvalue weighted by atomic mass is 10.2. The normalized spacial score (nSPS) is 10.3. The molecule has 0 unspecified atom stereocenters. The summed E-state index contributed by atoms with van der Waals surface area (Å²) in [5, 5.41) is 6.78. The first-order valence-corrected chi connectivity index (χ1v) is 9.23. The molecular formula is C19H18Cl3NOS. The van der Waals surface area contributed by atoms with E-state index in [2.05, 4.69) is 28.9 Å². The van der Waals surface area contributed by atoms with Crippen molar-refractivity contribution < 1.29 is 4.74 Å². The van der Waals surface area contributed by atoms with Crippen LogP contribution in [0.4, 0.5) is 0 Å². The molecule has 1 heterocycles. The molecule has 2 aromatic carbocycles. The molecule has 2 nitrogen and oxygen atoms in total. The van der Waals surface area contributed by atoms with Crippen molar-refractivity contribution in [3.05, 3.63) is 86.0 Å². The van der Waals surface area contributed by atoms with Crippen LogP contribution in [-0.2, 0) is 19.7 Å². The second-order valence-electron chi connectivity index (χ2n) is 5.32. The van der Waals surface area contributed by atoms with Gasteiger partial charge in [0.15, 0.2) is 0 Å². The highest BCUT2D eigenvalue weighted by atomic mass is 35.5. The number of halogens is 3. The zero-order chi connectivity index (χ0) is 16.8. The number of hydrogen-bond donors (Lipinski definition) is 1. The van der Waals surface area contributed by atoms with Crippen LogP contribution in [0.3, 0.4) is 0 Å². The van der Waals surface area contributed by atoms with Crippen molar-refractivity contribution in [2.24, 2.45) is 0 Å². The second kappa shape index (κ2) is 10.0. The average molecular weight is 415 g/mol. The van der Waals surface area contributed by atoms with E-state index in [-0.39, 0.29) is 12.4 Å². The van der Waals surface area contributed by atoms with Gasteiger partial charge in [-0.2, -0.15) is 0 Å². The molecule has 1 N–H and O–H groups in total. The van der Waals surface area contributed by atoms with Crippen LogP contribution in [0.15, 0.2) is 60.0 Å². The van der Waals surface area contributed by atoms with E-state index in [0.29, 0.717) is 16.7 Å². The third kappa shape index (κ3) is 5.91. The molecule has 0 aliphatic carbocycles. The molecule has 6 heteroatoms. The Morgan fingerprint density at radius 2 is 1.76 bits per heavy atom. The van der Waals surface area contributed by atoms with Gasteiger partial charge in [-0.15, -0.1) is 23.7 Å². The Labute approximate surface area is 168 Å². The van der Waals surface area contributed by atoms with Gasteiger partial charge in [-0.05, 0) is 29.6 Å². The first-order valence-electron chi connectivity index (χ1n) is 7.60. The summed E-state index contributed by atoms with van der Waals surface area (Å²) in [6, 6.07) is 17.7. The summed E-state index contributed by atoms with van der Waals surface area (Å²) in [5.74, 6) is 0.863. The molecule has 0 bridgehead atoms. The molecule has 132 valence electrons. The third-order valence-corrected chi connectivity index (χ3v) is 5.03. The van der Waals surface area contributed by atoms with Gasteiger partial charge in [0, 0.05) is 39.1 Å². The molecule has 25 heavy (non-hydrogen) atoms. The fraction of sp³-hybridized carbons (Fsp3) is 0.158. The van der Waals surface area contributed by atoms with Crippen molar-refractivity contribution in [2.75, 3.05) is 0 Å². The quantitative estimate of drug-likeness (QED) is 0.486. The predicted molar refractivity (Wildman–Crippen MR) is 109 cm³/mol. The molecular weight excluding hydrogens is 397 g/mol. The second-order valence-corrected chi connectivity index (χ2v) is 7.19. The van der Waals surface area contributed by atoms with E-state index in [0.717, 1.165) is 30.0 Å². The van der Waals surface area contributed by atoms with E-state index in [4.69, 9.17) is 27.9 Å². The van der Waals surface area contributed by atoms with Gasteiger partial charge in [-0.25, -0.2) is 0 Å². The van der Waals surface area contributed by atoms with Crippen LogP contribution in [0.25, 0.3) is 0 Å². The number of benzene rings is 2. The Bertz CT molecular complexity index is 793. The fourth-order valence-electron chi connectivity index (χ4n) is 2.32. The van der Waals surface area contributed by atoms with Crippen LogP contribution >= 0.6 is 46.9 Å². The number of hydrogen-bond acceptors (Lipinski definition) is 3. The van der Waals surface area contributed by atoms with Crippen LogP contribution in [0.2, 0.25) is 10.0 Å². The minimum absolute atomic E-state index is 0. The molecule has 3 aromatic rings. The Morgan fingerprint density at radius 3 is 2.52 bits per heavy atom. The summed E-state index contributed by atoms with van der Waals surface area (Å²) in [5.41, 5.74) is 2.04. The third-order valence-electron chi connectivity index (χ3n) is 3.57. The molecule has 0 aliphatic heterocycles. The number of rotatable bonds is 7. The Kier molecular flexibility index (Phi) is 8.07. The van der Waals surface area contributed by atoms with Crippen LogP contribution < -0.4 is 10.1 Å². The van der Waals surface area contributed by atoms with E-state index in [9.17, 15) is 0 Å². The zero-order valence-electron chi connectivity index (χ0n) is 13.4. The topological polar surface area (TPSA) is 21.3 Å². The molecule has 0 atom stereocenters. The lowest BCUT2D eigenvalue weighted by molar-refractivity contribution is 0.302. The first-order chi connectivity index (χ1) is 11.7. The Hall–Kier alpha value is -1.23. The van der Waals surface area contributed by atoms with Crippen molar-refractivity contribution in [2.45, 2.75) is 19.7 Å². The maximum atomic E-state index is 6.20. The van der Waals surface area contributed by atoms with Gasteiger partial charge >= 0.3 is 0 Å². The standard InChI is InChI=1S/C19H17Cl2NOS.ClH/c20-16-8-7-15(18(21)10-16)13-23-19-6-2-1-4-14(19)11-22-12-17-5-3-9-24-17;/h1-10,22H,11-13H2;1H. The van der Waals surface area contributed by atoms with Crippen molar-refractivity contribution in [3.63, 3.8) is 0 Å². The van der Waals surface area contributed by atoms with Gasteiger partial charge < -0.3 is 10.1 Å². The molecule has 1 aromatic heterocycles. The van der Waals surface area contributed by atoms with Crippen LogP contribution in [0, 0.1) is 0 Å². The average Bonchev–Trinajstić information content (AvgIpc) is 3.08. The number of nitrogens with one attached hydrogen (secondary N) is 1. The van der Waals surface area contributed by atoms with E-state index < -0.39 is 0 Å². The van der Waals surface area contributed by atoms with E-state index in [1.807, 2.05) is 30.3 Å². The zero-order valence-corrected chi connectivity index (χ0v) is 16.5. The summed E-state index contributed by atoms with van der Waals surface area (Å²) in [6.07, 6.45) is 0. The minimum Gasteiger partial charge on any atom is -0.489 e. The molecule has 0 amide bonds. The summed E-state index contributed by atoms with van der Waals surface area (Å²) >= 11 is 13.9. The summed E-state index contributed by atoms with van der Waals surface area (Å²) in [6.45, 7) is 2.02. The lowest BCUT2D eigenvalue weighted by Gasteiger charge is -2.13. The first kappa shape index (κ1) is 20.1. The van der Waals surface area contributed by atoms with Gasteiger partial charge in [0.25, 0.3) is 0 Å². The maximum absolute atomic E-state index is 6.20. The molecule has 0 aliphatic rings. The van der Waals surface area contributed by atoms with Gasteiger partial charge in [-0.3, -0.25) is 0 Å². The molecule has 0 saturated carbocycles. The SMILES string of the molecule is Cl.Clc1ccc(COc2ccccc2CNCc2cccs2)c(Cl)c1. The summed E-state index contributed by atoms with van der Waals surface area (Å²) in [4.78, 5) is 1.32. The molecule has 0 radical (unpaired) electrons. The molecule has 0 saturated heterocycles. The minimum atomic E-state index is 0. The molecule has 3 rings (SSSR count).